The minimum atomic E-state index is -0.532. The van der Waals surface area contributed by atoms with Gasteiger partial charge in [0.2, 0.25) is 5.82 Å². The number of esters is 1. The summed E-state index contributed by atoms with van der Waals surface area (Å²) in [7, 11) is 1.57. The molecule has 192 valence electrons. The van der Waals surface area contributed by atoms with Gasteiger partial charge >= 0.3 is 5.97 Å². The molecule has 0 N–H and O–H groups in total. The molecule has 0 aliphatic rings. The van der Waals surface area contributed by atoms with Crippen LogP contribution < -0.4 is 19.8 Å². The van der Waals surface area contributed by atoms with Gasteiger partial charge in [0.25, 0.3) is 5.56 Å². The molecule has 0 spiro atoms. The highest BCUT2D eigenvalue weighted by atomic mass is 35.5. The molecule has 0 bridgehead atoms. The van der Waals surface area contributed by atoms with Gasteiger partial charge in [-0.1, -0.05) is 29.8 Å². The van der Waals surface area contributed by atoms with Crippen LogP contribution in [0.4, 0.5) is 0 Å². The summed E-state index contributed by atoms with van der Waals surface area (Å²) in [6.07, 6.45) is 1.44. The van der Waals surface area contributed by atoms with E-state index in [9.17, 15) is 9.59 Å². The molecule has 3 aromatic carbocycles. The van der Waals surface area contributed by atoms with Gasteiger partial charge in [-0.2, -0.15) is 9.78 Å². The Morgan fingerprint density at radius 2 is 1.92 bits per heavy atom. The standard InChI is InChI=1S/C28H22ClN3O6/c1-4-36-24-13-17(12-20(29)26(24)37-16(2)33)15-30-32-27(31-21-9-6-5-8-18(21)28(32)34)25-14-19-22(35-3)10-7-11-23(19)38-25/h5-15H,4H2,1-3H3. The molecule has 5 aromatic rings. The minimum Gasteiger partial charge on any atom is -0.496 e. The van der Waals surface area contributed by atoms with E-state index in [1.807, 2.05) is 12.1 Å². The Hall–Kier alpha value is -4.63. The zero-order valence-electron chi connectivity index (χ0n) is 20.7. The number of rotatable bonds is 7. The van der Waals surface area contributed by atoms with Crippen molar-refractivity contribution in [3.8, 4) is 28.8 Å². The quantitative estimate of drug-likeness (QED) is 0.151. The van der Waals surface area contributed by atoms with Crippen LogP contribution in [0.15, 0.2) is 75.0 Å². The maximum atomic E-state index is 13.5. The molecular weight excluding hydrogens is 510 g/mol. The summed E-state index contributed by atoms with van der Waals surface area (Å²) in [5.74, 6) is 1.01. The molecule has 0 atom stereocenters. The summed E-state index contributed by atoms with van der Waals surface area (Å²) < 4.78 is 23.5. The van der Waals surface area contributed by atoms with Crippen LogP contribution in [0.1, 0.15) is 19.4 Å². The lowest BCUT2D eigenvalue weighted by molar-refractivity contribution is -0.132. The summed E-state index contributed by atoms with van der Waals surface area (Å²) in [5.41, 5.74) is 1.19. The first-order chi connectivity index (χ1) is 18.4. The van der Waals surface area contributed by atoms with E-state index in [2.05, 4.69) is 10.1 Å². The van der Waals surface area contributed by atoms with Gasteiger partial charge < -0.3 is 18.6 Å². The van der Waals surface area contributed by atoms with Crippen LogP contribution in [0.3, 0.4) is 0 Å². The largest absolute Gasteiger partial charge is 0.496 e. The first kappa shape index (κ1) is 25.0. The van der Waals surface area contributed by atoms with E-state index >= 15 is 0 Å². The lowest BCUT2D eigenvalue weighted by Crippen LogP contribution is -2.20. The van der Waals surface area contributed by atoms with E-state index in [0.717, 1.165) is 5.39 Å². The Bertz CT molecular complexity index is 1770. The maximum Gasteiger partial charge on any atom is 0.308 e. The van der Waals surface area contributed by atoms with Gasteiger partial charge in [0.05, 0.1) is 41.2 Å². The average Bonchev–Trinajstić information content (AvgIpc) is 3.34. The molecule has 0 aliphatic heterocycles. The molecule has 0 radical (unpaired) electrons. The van der Waals surface area contributed by atoms with Crippen molar-refractivity contribution in [1.82, 2.24) is 9.66 Å². The minimum absolute atomic E-state index is 0.111. The lowest BCUT2D eigenvalue weighted by Gasteiger charge is -2.12. The number of benzene rings is 3. The predicted molar refractivity (Wildman–Crippen MR) is 145 cm³/mol. The van der Waals surface area contributed by atoms with Gasteiger partial charge in [-0.25, -0.2) is 4.98 Å². The van der Waals surface area contributed by atoms with Crippen molar-refractivity contribution < 1.29 is 23.4 Å². The first-order valence-electron chi connectivity index (χ1n) is 11.7. The molecule has 0 fully saturated rings. The van der Waals surface area contributed by atoms with E-state index in [1.165, 1.54) is 17.8 Å². The van der Waals surface area contributed by atoms with Crippen molar-refractivity contribution in [2.75, 3.05) is 13.7 Å². The van der Waals surface area contributed by atoms with Crippen molar-refractivity contribution in [2.24, 2.45) is 5.10 Å². The van der Waals surface area contributed by atoms with Gasteiger partial charge in [-0.05, 0) is 55.0 Å². The fourth-order valence-corrected chi connectivity index (χ4v) is 4.26. The fraction of sp³-hybridized carbons (Fsp3) is 0.143. The second kappa shape index (κ2) is 10.4. The van der Waals surface area contributed by atoms with Crippen molar-refractivity contribution >= 4 is 45.7 Å². The third kappa shape index (κ3) is 4.71. The second-order valence-electron chi connectivity index (χ2n) is 8.15. The van der Waals surface area contributed by atoms with Gasteiger partial charge in [0, 0.05) is 6.92 Å². The summed E-state index contributed by atoms with van der Waals surface area (Å²) >= 11 is 6.38. The monoisotopic (exact) mass is 531 g/mol. The number of furan rings is 1. The van der Waals surface area contributed by atoms with Crippen molar-refractivity contribution in [3.05, 3.63) is 81.6 Å². The number of hydrogen-bond donors (Lipinski definition) is 0. The molecule has 10 heteroatoms. The highest BCUT2D eigenvalue weighted by molar-refractivity contribution is 6.32. The van der Waals surface area contributed by atoms with E-state index < -0.39 is 5.97 Å². The molecule has 5 rings (SSSR count). The molecule has 0 saturated heterocycles. The van der Waals surface area contributed by atoms with E-state index in [-0.39, 0.29) is 27.9 Å². The molecule has 0 amide bonds. The number of carbonyl (C=O) groups excluding carboxylic acids is 1. The topological polar surface area (TPSA) is 105 Å². The zero-order valence-corrected chi connectivity index (χ0v) is 21.5. The molecule has 0 saturated carbocycles. The van der Waals surface area contributed by atoms with E-state index in [0.29, 0.717) is 40.2 Å². The number of fused-ring (bicyclic) bond motifs is 2. The van der Waals surface area contributed by atoms with Gasteiger partial charge in [0.15, 0.2) is 17.3 Å². The molecule has 2 aromatic heterocycles. The van der Waals surface area contributed by atoms with Gasteiger partial charge in [-0.15, -0.1) is 0 Å². The number of methoxy groups -OCH3 is 1. The first-order valence-corrected chi connectivity index (χ1v) is 12.0. The second-order valence-corrected chi connectivity index (χ2v) is 8.56. The highest BCUT2D eigenvalue weighted by Crippen LogP contribution is 2.37. The molecule has 38 heavy (non-hydrogen) atoms. The van der Waals surface area contributed by atoms with Crippen molar-refractivity contribution in [3.63, 3.8) is 0 Å². The van der Waals surface area contributed by atoms with Crippen LogP contribution >= 0.6 is 11.6 Å². The Kier molecular flexibility index (Phi) is 6.85. The molecular formula is C28H22ClN3O6. The number of ether oxygens (including phenoxy) is 3. The van der Waals surface area contributed by atoms with Gasteiger partial charge in [0.1, 0.15) is 11.3 Å². The smallest absolute Gasteiger partial charge is 0.308 e. The number of halogens is 1. The third-order valence-corrected chi connectivity index (χ3v) is 5.90. The summed E-state index contributed by atoms with van der Waals surface area (Å²) in [6, 6.07) is 17.3. The average molecular weight is 532 g/mol. The number of para-hydroxylation sites is 1. The van der Waals surface area contributed by atoms with Crippen LogP contribution in [0.2, 0.25) is 5.02 Å². The Morgan fingerprint density at radius 3 is 2.68 bits per heavy atom. The molecule has 0 aliphatic carbocycles. The van der Waals surface area contributed by atoms with Crippen molar-refractivity contribution in [1.29, 1.82) is 0 Å². The maximum absolute atomic E-state index is 13.5. The number of aromatic nitrogens is 2. The summed E-state index contributed by atoms with van der Waals surface area (Å²) in [5, 5.41) is 5.73. The van der Waals surface area contributed by atoms with Crippen LogP contribution in [-0.4, -0.2) is 35.6 Å². The highest BCUT2D eigenvalue weighted by Gasteiger charge is 2.18. The summed E-state index contributed by atoms with van der Waals surface area (Å²) in [6.45, 7) is 3.38. The number of nitrogens with zero attached hydrogens (tertiary/aromatic N) is 3. The Morgan fingerprint density at radius 1 is 1.11 bits per heavy atom. The lowest BCUT2D eigenvalue weighted by atomic mass is 10.2. The fourth-order valence-electron chi connectivity index (χ4n) is 4.01. The van der Waals surface area contributed by atoms with Crippen LogP contribution in [-0.2, 0) is 4.79 Å². The SMILES string of the molecule is CCOc1cc(C=Nn2c(-c3cc4c(OC)cccc4o3)nc3ccccc3c2=O)cc(Cl)c1OC(C)=O. The predicted octanol–water partition coefficient (Wildman–Crippen LogP) is 5.68. The number of carbonyl (C=O) groups is 1. The van der Waals surface area contributed by atoms with E-state index in [4.69, 9.17) is 30.2 Å². The van der Waals surface area contributed by atoms with E-state index in [1.54, 1.807) is 62.6 Å². The molecule has 9 nitrogen and oxygen atoms in total. The molecule has 2 heterocycles. The van der Waals surface area contributed by atoms with Crippen molar-refractivity contribution in [2.45, 2.75) is 13.8 Å². The van der Waals surface area contributed by atoms with Crippen LogP contribution in [0.5, 0.6) is 17.2 Å². The number of hydrogen-bond acceptors (Lipinski definition) is 8. The Labute approximate surface area is 221 Å². The Balaban J connectivity index is 1.67. The van der Waals surface area contributed by atoms with Crippen LogP contribution in [0.25, 0.3) is 33.5 Å². The zero-order chi connectivity index (χ0) is 26.8. The molecule has 0 unspecified atom stereocenters. The van der Waals surface area contributed by atoms with Crippen LogP contribution in [0, 0.1) is 0 Å². The normalized spacial score (nSPS) is 11.4. The third-order valence-electron chi connectivity index (χ3n) is 5.62. The summed E-state index contributed by atoms with van der Waals surface area (Å²) in [4.78, 5) is 29.7. The van der Waals surface area contributed by atoms with Gasteiger partial charge in [-0.3, -0.25) is 9.59 Å².